The van der Waals surface area contributed by atoms with Crippen LogP contribution in [0, 0.1) is 0 Å². The molecule has 0 unspecified atom stereocenters. The Hall–Kier alpha value is -3.07. The van der Waals surface area contributed by atoms with Gasteiger partial charge in [0.2, 0.25) is 0 Å². The first kappa shape index (κ1) is 18.3. The summed E-state index contributed by atoms with van der Waals surface area (Å²) in [4.78, 5) is 4.54. The van der Waals surface area contributed by atoms with Crippen molar-refractivity contribution in [3.05, 3.63) is 36.7 Å². The van der Waals surface area contributed by atoms with Gasteiger partial charge in [-0.2, -0.15) is 0 Å². The minimum Gasteiger partial charge on any atom is -0.496 e. The fourth-order valence-electron chi connectivity index (χ4n) is 3.22. The van der Waals surface area contributed by atoms with Crippen LogP contribution in [-0.2, 0) is 24.2 Å². The van der Waals surface area contributed by atoms with E-state index in [0.29, 0.717) is 43.6 Å². The number of hydrogen-bond donors (Lipinski definition) is 0. The molecule has 0 amide bonds. The molecule has 0 fully saturated rings. The summed E-state index contributed by atoms with van der Waals surface area (Å²) in [5.41, 5.74) is 0.859. The van der Waals surface area contributed by atoms with Crippen molar-refractivity contribution in [2.24, 2.45) is 0 Å². The van der Waals surface area contributed by atoms with E-state index < -0.39 is 0 Å². The van der Waals surface area contributed by atoms with Gasteiger partial charge in [0.15, 0.2) is 11.5 Å². The van der Waals surface area contributed by atoms with E-state index in [4.69, 9.17) is 18.9 Å². The lowest BCUT2D eigenvalue weighted by Crippen LogP contribution is -2.15. The maximum Gasteiger partial charge on any atom is 0.165 e. The molecule has 9 nitrogen and oxygen atoms in total. The second kappa shape index (κ2) is 8.30. The molecule has 0 bridgehead atoms. The summed E-state index contributed by atoms with van der Waals surface area (Å²) < 4.78 is 26.2. The van der Waals surface area contributed by atoms with Crippen LogP contribution in [0.15, 0.2) is 30.9 Å². The maximum atomic E-state index is 5.72. The number of methoxy groups -OCH3 is 2. The van der Waals surface area contributed by atoms with E-state index in [9.17, 15) is 0 Å². The molecule has 0 radical (unpaired) electrons. The Labute approximate surface area is 162 Å². The molecule has 4 rings (SSSR count). The Morgan fingerprint density at radius 3 is 2.68 bits per heavy atom. The fraction of sp³-hybridized carbons (Fsp3) is 0.421. The van der Waals surface area contributed by atoms with Crippen LogP contribution in [0.3, 0.4) is 0 Å². The molecule has 0 saturated heterocycles. The van der Waals surface area contributed by atoms with Gasteiger partial charge in [-0.1, -0.05) is 0 Å². The number of ether oxygens (including phenoxy) is 4. The van der Waals surface area contributed by atoms with Crippen molar-refractivity contribution >= 4 is 0 Å². The molecule has 28 heavy (non-hydrogen) atoms. The van der Waals surface area contributed by atoms with Gasteiger partial charge in [0.25, 0.3) is 0 Å². The summed E-state index contributed by atoms with van der Waals surface area (Å²) in [6, 6.07) is 3.78. The molecule has 1 aliphatic rings. The van der Waals surface area contributed by atoms with E-state index in [1.807, 2.05) is 22.9 Å². The molecule has 3 heterocycles. The third kappa shape index (κ3) is 3.65. The van der Waals surface area contributed by atoms with Crippen LogP contribution in [0.25, 0.3) is 11.4 Å². The van der Waals surface area contributed by atoms with Gasteiger partial charge in [0, 0.05) is 45.1 Å². The maximum absolute atomic E-state index is 5.72. The highest BCUT2D eigenvalue weighted by Gasteiger charge is 2.20. The van der Waals surface area contributed by atoms with Gasteiger partial charge in [-0.25, -0.2) is 4.98 Å². The molecule has 0 spiro atoms. The number of fused-ring (bicyclic) bond motifs is 1. The Morgan fingerprint density at radius 1 is 1.07 bits per heavy atom. The molecule has 0 atom stereocenters. The fourth-order valence-corrected chi connectivity index (χ4v) is 3.22. The SMILES string of the molecule is COCCn1cnnc1CCn1ccnc1-c1cc2c(cc1OC)OCCO2. The zero-order chi connectivity index (χ0) is 19.3. The normalized spacial score (nSPS) is 12.9. The molecule has 3 aromatic rings. The zero-order valence-corrected chi connectivity index (χ0v) is 16.0. The summed E-state index contributed by atoms with van der Waals surface area (Å²) in [5.74, 6) is 3.80. The number of nitrogens with zero attached hydrogens (tertiary/aromatic N) is 5. The van der Waals surface area contributed by atoms with E-state index in [0.717, 1.165) is 30.2 Å². The third-order valence-electron chi connectivity index (χ3n) is 4.63. The molecule has 0 N–H and O–H groups in total. The van der Waals surface area contributed by atoms with Crippen LogP contribution >= 0.6 is 0 Å². The van der Waals surface area contributed by atoms with E-state index in [1.54, 1.807) is 26.7 Å². The third-order valence-corrected chi connectivity index (χ3v) is 4.63. The Balaban J connectivity index is 1.57. The number of aryl methyl sites for hydroxylation is 2. The molecule has 9 heteroatoms. The van der Waals surface area contributed by atoms with Crippen molar-refractivity contribution in [2.75, 3.05) is 34.0 Å². The van der Waals surface area contributed by atoms with Gasteiger partial charge in [-0.3, -0.25) is 0 Å². The van der Waals surface area contributed by atoms with Crippen LogP contribution in [0.4, 0.5) is 0 Å². The Bertz CT molecular complexity index is 936. The molecule has 1 aromatic carbocycles. The smallest absolute Gasteiger partial charge is 0.165 e. The van der Waals surface area contributed by atoms with Crippen molar-refractivity contribution in [3.63, 3.8) is 0 Å². The second-order valence-corrected chi connectivity index (χ2v) is 6.32. The van der Waals surface area contributed by atoms with Crippen molar-refractivity contribution < 1.29 is 18.9 Å². The summed E-state index contributed by atoms with van der Waals surface area (Å²) in [6.45, 7) is 3.12. The predicted octanol–water partition coefficient (Wildman–Crippen LogP) is 1.81. The molecule has 0 aliphatic carbocycles. The second-order valence-electron chi connectivity index (χ2n) is 6.32. The van der Waals surface area contributed by atoms with Crippen molar-refractivity contribution in [1.29, 1.82) is 0 Å². The molecule has 0 saturated carbocycles. The molecular formula is C19H23N5O4. The highest BCUT2D eigenvalue weighted by atomic mass is 16.6. The average Bonchev–Trinajstić information content (AvgIpc) is 3.38. The summed E-state index contributed by atoms with van der Waals surface area (Å²) >= 11 is 0. The van der Waals surface area contributed by atoms with Crippen LogP contribution in [-0.4, -0.2) is 58.4 Å². The minimum atomic E-state index is 0.532. The largest absolute Gasteiger partial charge is 0.496 e. The lowest BCUT2D eigenvalue weighted by atomic mass is 10.1. The van der Waals surface area contributed by atoms with E-state index in [1.165, 1.54) is 0 Å². The lowest BCUT2D eigenvalue weighted by Gasteiger charge is -2.21. The highest BCUT2D eigenvalue weighted by molar-refractivity contribution is 5.70. The van der Waals surface area contributed by atoms with Gasteiger partial charge in [-0.05, 0) is 6.07 Å². The number of imidazole rings is 1. The topological polar surface area (TPSA) is 85.5 Å². The number of rotatable bonds is 8. The lowest BCUT2D eigenvalue weighted by molar-refractivity contribution is 0.171. The van der Waals surface area contributed by atoms with E-state index in [-0.39, 0.29) is 0 Å². The molecule has 2 aromatic heterocycles. The quantitative estimate of drug-likeness (QED) is 0.585. The molecular weight excluding hydrogens is 362 g/mol. The van der Waals surface area contributed by atoms with E-state index in [2.05, 4.69) is 19.7 Å². The standard InChI is InChI=1S/C19H23N5O4/c1-25-8-7-24-13-21-22-18(24)3-5-23-6-4-20-19(23)14-11-16-17(12-15(14)26-2)28-10-9-27-16/h4,6,11-13H,3,5,7-10H2,1-2H3. The number of benzene rings is 1. The zero-order valence-electron chi connectivity index (χ0n) is 16.0. The molecule has 148 valence electrons. The first-order valence-electron chi connectivity index (χ1n) is 9.15. The van der Waals surface area contributed by atoms with Crippen LogP contribution < -0.4 is 14.2 Å². The van der Waals surface area contributed by atoms with Gasteiger partial charge in [0.1, 0.15) is 36.9 Å². The Morgan fingerprint density at radius 2 is 1.89 bits per heavy atom. The van der Waals surface area contributed by atoms with Crippen molar-refractivity contribution in [3.8, 4) is 28.6 Å². The minimum absolute atomic E-state index is 0.532. The van der Waals surface area contributed by atoms with Gasteiger partial charge in [-0.15, -0.1) is 10.2 Å². The summed E-state index contributed by atoms with van der Waals surface area (Å²) in [6.07, 6.45) is 6.18. The van der Waals surface area contributed by atoms with Gasteiger partial charge >= 0.3 is 0 Å². The average molecular weight is 385 g/mol. The van der Waals surface area contributed by atoms with E-state index >= 15 is 0 Å². The first-order chi connectivity index (χ1) is 13.8. The van der Waals surface area contributed by atoms with Gasteiger partial charge < -0.3 is 28.1 Å². The van der Waals surface area contributed by atoms with Crippen LogP contribution in [0.5, 0.6) is 17.2 Å². The number of aromatic nitrogens is 5. The summed E-state index contributed by atoms with van der Waals surface area (Å²) in [7, 11) is 3.32. The highest BCUT2D eigenvalue weighted by Crippen LogP contribution is 2.40. The predicted molar refractivity (Wildman–Crippen MR) is 101 cm³/mol. The van der Waals surface area contributed by atoms with Gasteiger partial charge in [0.05, 0.1) is 19.3 Å². The van der Waals surface area contributed by atoms with Crippen LogP contribution in [0.2, 0.25) is 0 Å². The first-order valence-corrected chi connectivity index (χ1v) is 9.15. The summed E-state index contributed by atoms with van der Waals surface area (Å²) in [5, 5.41) is 8.24. The molecule has 1 aliphatic heterocycles. The Kier molecular flexibility index (Phi) is 5.43. The monoisotopic (exact) mass is 385 g/mol. The van der Waals surface area contributed by atoms with Crippen molar-refractivity contribution in [2.45, 2.75) is 19.5 Å². The van der Waals surface area contributed by atoms with Crippen LogP contribution in [0.1, 0.15) is 5.82 Å². The number of hydrogen-bond acceptors (Lipinski definition) is 7. The van der Waals surface area contributed by atoms with Crippen molar-refractivity contribution in [1.82, 2.24) is 24.3 Å².